The van der Waals surface area contributed by atoms with Crippen molar-refractivity contribution in [3.05, 3.63) is 0 Å². The van der Waals surface area contributed by atoms with Gasteiger partial charge in [0, 0.05) is 32.6 Å². The second kappa shape index (κ2) is 23.5. The molecular weight excluding hydrogens is 862 g/mol. The first kappa shape index (κ1) is 52.0. The van der Waals surface area contributed by atoms with Crippen LogP contribution in [0.2, 0.25) is 0 Å². The molecule has 4 fully saturated rings. The van der Waals surface area contributed by atoms with Gasteiger partial charge in [-0.25, -0.2) is 4.90 Å². The molecule has 65 heavy (non-hydrogen) atoms. The third-order valence-corrected chi connectivity index (χ3v) is 12.0. The van der Waals surface area contributed by atoms with Gasteiger partial charge in [-0.2, -0.15) is 0 Å². The van der Waals surface area contributed by atoms with Crippen molar-refractivity contribution in [1.82, 2.24) is 40.4 Å². The van der Waals surface area contributed by atoms with Crippen molar-refractivity contribution in [1.29, 1.82) is 0 Å². The van der Waals surface area contributed by atoms with Crippen molar-refractivity contribution in [3.8, 4) is 0 Å². The van der Waals surface area contributed by atoms with Crippen LogP contribution in [0, 0.1) is 0 Å². The average Bonchev–Trinajstić information content (AvgIpc) is 4.15. The number of likely N-dealkylation sites (tertiary alicyclic amines) is 4. The zero-order valence-corrected chi connectivity index (χ0v) is 36.2. The minimum absolute atomic E-state index is 0.0185. The lowest BCUT2D eigenvalue weighted by Crippen LogP contribution is -2.63. The fourth-order valence-corrected chi connectivity index (χ4v) is 8.57. The third-order valence-electron chi connectivity index (χ3n) is 12.0. The number of carbonyl (C=O) groups excluding carboxylic acids is 10. The van der Waals surface area contributed by atoms with E-state index >= 15 is 0 Å². The van der Waals surface area contributed by atoms with Gasteiger partial charge in [0.25, 0.3) is 17.7 Å². The van der Waals surface area contributed by atoms with Gasteiger partial charge in [0.15, 0.2) is 0 Å². The number of hydrogen-bond donors (Lipinski definition) is 10. The molecule has 4 rings (SSSR count). The summed E-state index contributed by atoms with van der Waals surface area (Å²) in [7, 11) is 0. The number of imide groups is 3. The summed E-state index contributed by atoms with van der Waals surface area (Å²) in [5.74, 6) is -10.6. The lowest BCUT2D eigenvalue weighted by Gasteiger charge is -2.35. The van der Waals surface area contributed by atoms with Crippen molar-refractivity contribution in [3.63, 3.8) is 0 Å². The maximum atomic E-state index is 14.3. The predicted octanol–water partition coefficient (Wildman–Crippen LogP) is -7.24. The molecule has 0 unspecified atom stereocenters. The molecule has 0 spiro atoms. The van der Waals surface area contributed by atoms with E-state index in [1.807, 2.05) is 0 Å². The Hall–Kier alpha value is -5.67. The number of amides is 10. The van der Waals surface area contributed by atoms with Gasteiger partial charge in [-0.15, -0.1) is 0 Å². The average molecular weight is 924 g/mol. The number of aliphatic hydroxyl groups is 3. The van der Waals surface area contributed by atoms with Crippen LogP contribution in [0.3, 0.4) is 0 Å². The number of aliphatic carboxylic acids is 1. The highest BCUT2D eigenvalue weighted by molar-refractivity contribution is 6.16. The van der Waals surface area contributed by atoms with Crippen molar-refractivity contribution >= 4 is 65.0 Å². The van der Waals surface area contributed by atoms with E-state index in [4.69, 9.17) is 22.3 Å². The standard InChI is InChI=1S/C39H61N11O15/c1-20(43-29(54)16-40)33(59)47-13-3-7-26(47)37(63)48-14-4-8-27(48)38(64)49-15-5-9-28(49)39(65)50(35(61)22(42)17-51)36(62)24(19-53)45-31(57)23(18-52)44-32(58)25-6-2-12-46(25)34(60)21(41)10-11-30(55)56/h20-28,51-53H,2-19,40-42H2,1H3,(H,43,54)(H,44,58)(H,45,57)(H,55,56)/t20-,21-,22-,23-,24-,25-,26-,27-,28-/m0/s1. The quantitative estimate of drug-likeness (QED) is 0.0575. The van der Waals surface area contributed by atoms with E-state index in [9.17, 15) is 68.1 Å². The van der Waals surface area contributed by atoms with Crippen molar-refractivity contribution in [2.24, 2.45) is 17.2 Å². The molecule has 26 heteroatoms. The van der Waals surface area contributed by atoms with Crippen LogP contribution in [0.15, 0.2) is 0 Å². The lowest BCUT2D eigenvalue weighted by atomic mass is 10.1. The molecule has 26 nitrogen and oxygen atoms in total. The summed E-state index contributed by atoms with van der Waals surface area (Å²) in [5.41, 5.74) is 17.0. The molecule has 13 N–H and O–H groups in total. The molecule has 0 radical (unpaired) electrons. The van der Waals surface area contributed by atoms with Gasteiger partial charge in [0.05, 0.1) is 32.4 Å². The molecule has 0 bridgehead atoms. The summed E-state index contributed by atoms with van der Waals surface area (Å²) in [4.78, 5) is 151. The van der Waals surface area contributed by atoms with Crippen LogP contribution in [0.25, 0.3) is 0 Å². The Morgan fingerprint density at radius 2 is 1.11 bits per heavy atom. The number of aliphatic hydroxyl groups excluding tert-OH is 3. The molecular formula is C39H61N11O15. The highest BCUT2D eigenvalue weighted by Gasteiger charge is 2.49. The van der Waals surface area contributed by atoms with Gasteiger partial charge in [-0.1, -0.05) is 0 Å². The summed E-state index contributed by atoms with van der Waals surface area (Å²) >= 11 is 0. The normalized spacial score (nSPS) is 22.9. The summed E-state index contributed by atoms with van der Waals surface area (Å²) < 4.78 is 0. The van der Waals surface area contributed by atoms with Crippen molar-refractivity contribution < 1.29 is 73.2 Å². The van der Waals surface area contributed by atoms with Crippen molar-refractivity contribution in [2.75, 3.05) is 52.5 Å². The number of hydrogen-bond acceptors (Lipinski definition) is 17. The number of carboxylic acid groups (broad SMARTS) is 1. The summed E-state index contributed by atoms with van der Waals surface area (Å²) in [6.07, 6.45) is 1.33. The number of rotatable bonds is 19. The van der Waals surface area contributed by atoms with Crippen molar-refractivity contribution in [2.45, 2.75) is 126 Å². The molecule has 0 saturated carbocycles. The maximum absolute atomic E-state index is 14.3. The van der Waals surface area contributed by atoms with Gasteiger partial charge in [-0.3, -0.25) is 52.7 Å². The molecule has 4 heterocycles. The van der Waals surface area contributed by atoms with Gasteiger partial charge in [0.1, 0.15) is 48.3 Å². The van der Waals surface area contributed by atoms with Crippen LogP contribution in [0.1, 0.15) is 71.1 Å². The first-order valence-electron chi connectivity index (χ1n) is 21.6. The first-order valence-corrected chi connectivity index (χ1v) is 21.6. The minimum atomic E-state index is -2.10. The smallest absolute Gasteiger partial charge is 0.303 e. The highest BCUT2D eigenvalue weighted by Crippen LogP contribution is 2.30. The third kappa shape index (κ3) is 12.2. The Morgan fingerprint density at radius 1 is 0.615 bits per heavy atom. The van der Waals surface area contributed by atoms with E-state index in [2.05, 4.69) is 16.0 Å². The molecule has 0 aromatic heterocycles. The van der Waals surface area contributed by atoms with E-state index in [1.54, 1.807) is 0 Å². The maximum Gasteiger partial charge on any atom is 0.303 e. The van der Waals surface area contributed by atoms with Crippen LogP contribution < -0.4 is 33.2 Å². The van der Waals surface area contributed by atoms with Crippen LogP contribution in [-0.2, 0) is 52.7 Å². The van der Waals surface area contributed by atoms with E-state index < -0.39 is 146 Å². The molecule has 0 aromatic rings. The Morgan fingerprint density at radius 3 is 1.63 bits per heavy atom. The molecule has 4 aliphatic rings. The Bertz CT molecular complexity index is 1850. The Kier molecular flexibility index (Phi) is 18.8. The Balaban J connectivity index is 1.49. The summed E-state index contributed by atoms with van der Waals surface area (Å²) in [6.45, 7) is -1.85. The highest BCUT2D eigenvalue weighted by atomic mass is 16.4. The van der Waals surface area contributed by atoms with Crippen LogP contribution in [-0.4, -0.2) is 217 Å². The SMILES string of the molecule is C[C@H](NC(=O)CN)C(=O)N1CCC[C@H]1C(=O)N1CCC[C@H]1C(=O)N1CCC[C@H]1C(=O)N(C(=O)[C@H](CO)NC(=O)[C@H](CO)NC(=O)[C@@H]1CCCN1C(=O)[C@@H](N)CCC(=O)O)C(=O)[C@@H](N)CO. The van der Waals surface area contributed by atoms with Gasteiger partial charge < -0.3 is 73.2 Å². The fourth-order valence-electron chi connectivity index (χ4n) is 8.57. The number of nitrogens with zero attached hydrogens (tertiary/aromatic N) is 5. The van der Waals surface area contributed by atoms with Gasteiger partial charge in [0.2, 0.25) is 41.4 Å². The largest absolute Gasteiger partial charge is 0.481 e. The Labute approximate surface area is 373 Å². The van der Waals surface area contributed by atoms with E-state index in [1.165, 1.54) is 16.7 Å². The van der Waals surface area contributed by atoms with Crippen LogP contribution >= 0.6 is 0 Å². The summed E-state index contributed by atoms with van der Waals surface area (Å²) in [6, 6.07) is -12.7. The van der Waals surface area contributed by atoms with Gasteiger partial charge >= 0.3 is 5.97 Å². The van der Waals surface area contributed by atoms with Gasteiger partial charge in [-0.05, 0) is 64.7 Å². The first-order chi connectivity index (χ1) is 30.8. The molecule has 0 aliphatic carbocycles. The monoisotopic (exact) mass is 923 g/mol. The zero-order chi connectivity index (χ0) is 48.3. The molecule has 9 atom stereocenters. The van der Waals surface area contributed by atoms with E-state index in [0.717, 1.165) is 9.80 Å². The molecule has 4 aliphatic heterocycles. The molecule has 4 saturated heterocycles. The van der Waals surface area contributed by atoms with E-state index in [-0.39, 0.29) is 76.1 Å². The molecule has 10 amide bonds. The van der Waals surface area contributed by atoms with Crippen LogP contribution in [0.5, 0.6) is 0 Å². The fraction of sp³-hybridized carbons (Fsp3) is 0.718. The van der Waals surface area contributed by atoms with E-state index in [0.29, 0.717) is 19.3 Å². The second-order valence-corrected chi connectivity index (χ2v) is 16.4. The molecule has 0 aromatic carbocycles. The lowest BCUT2D eigenvalue weighted by molar-refractivity contribution is -0.162. The molecule has 362 valence electrons. The number of carboxylic acids is 1. The topological polar surface area (TPSA) is 399 Å². The summed E-state index contributed by atoms with van der Waals surface area (Å²) in [5, 5.41) is 45.9. The minimum Gasteiger partial charge on any atom is -0.481 e. The van der Waals surface area contributed by atoms with Crippen LogP contribution in [0.4, 0.5) is 0 Å². The predicted molar refractivity (Wildman–Crippen MR) is 220 cm³/mol. The zero-order valence-electron chi connectivity index (χ0n) is 36.2. The number of nitrogens with two attached hydrogens (primary N) is 3. The second-order valence-electron chi connectivity index (χ2n) is 16.4. The number of carbonyl (C=O) groups is 11. The number of nitrogens with one attached hydrogen (secondary N) is 3.